The lowest BCUT2D eigenvalue weighted by Crippen LogP contribution is -2.29. The van der Waals surface area contributed by atoms with Gasteiger partial charge in [0.25, 0.3) is 0 Å². The molecule has 0 bridgehead atoms. The highest BCUT2D eigenvalue weighted by Crippen LogP contribution is 2.31. The quantitative estimate of drug-likeness (QED) is 0.584. The van der Waals surface area contributed by atoms with E-state index >= 15 is 0 Å². The van der Waals surface area contributed by atoms with Crippen LogP contribution in [-0.4, -0.2) is 24.0 Å². The molecule has 3 rings (SSSR count). The van der Waals surface area contributed by atoms with E-state index in [1.807, 2.05) is 17.5 Å². The third-order valence-electron chi connectivity index (χ3n) is 3.81. The number of carbonyl (C=O) groups excluding carboxylic acids is 1. The summed E-state index contributed by atoms with van der Waals surface area (Å²) in [4.78, 5) is 17.3. The van der Waals surface area contributed by atoms with Gasteiger partial charge in [0.2, 0.25) is 11.8 Å². The molecule has 0 unspecified atom stereocenters. The predicted octanol–water partition coefficient (Wildman–Crippen LogP) is 4.47. The number of amides is 1. The van der Waals surface area contributed by atoms with Crippen molar-refractivity contribution in [3.05, 3.63) is 58.8 Å². The van der Waals surface area contributed by atoms with Crippen molar-refractivity contribution in [3.8, 4) is 16.5 Å². The van der Waals surface area contributed by atoms with Gasteiger partial charge in [-0.3, -0.25) is 4.79 Å². The number of halogens is 3. The van der Waals surface area contributed by atoms with Gasteiger partial charge in [0, 0.05) is 0 Å². The summed E-state index contributed by atoms with van der Waals surface area (Å²) in [7, 11) is 0. The summed E-state index contributed by atoms with van der Waals surface area (Å²) in [5, 5.41) is 4.56. The van der Waals surface area contributed by atoms with Gasteiger partial charge >= 0.3 is 6.18 Å². The summed E-state index contributed by atoms with van der Waals surface area (Å²) in [5.41, 5.74) is -0.239. The largest absolute Gasteiger partial charge is 0.492 e. The van der Waals surface area contributed by atoms with Crippen LogP contribution >= 0.6 is 11.3 Å². The lowest BCUT2D eigenvalue weighted by Gasteiger charge is -2.10. The van der Waals surface area contributed by atoms with Gasteiger partial charge in [-0.2, -0.15) is 13.2 Å². The number of carbonyl (C=O) groups is 1. The number of rotatable bonds is 7. The number of hydrogen-bond donors (Lipinski definition) is 1. The number of alkyl halides is 3. The molecule has 148 valence electrons. The molecular formula is C19H17F3N2O3S. The summed E-state index contributed by atoms with van der Waals surface area (Å²) >= 11 is 1.49. The first kappa shape index (κ1) is 19.9. The molecule has 9 heteroatoms. The first-order valence-corrected chi connectivity index (χ1v) is 9.28. The molecule has 3 aromatic rings. The molecule has 5 nitrogen and oxygen atoms in total. The maximum atomic E-state index is 12.7. The van der Waals surface area contributed by atoms with Crippen LogP contribution < -0.4 is 10.1 Å². The fourth-order valence-corrected chi connectivity index (χ4v) is 3.08. The molecule has 0 radical (unpaired) electrons. The van der Waals surface area contributed by atoms with Crippen molar-refractivity contribution in [3.63, 3.8) is 0 Å². The van der Waals surface area contributed by atoms with Crippen LogP contribution in [-0.2, 0) is 17.4 Å². The molecular weight excluding hydrogens is 393 g/mol. The van der Waals surface area contributed by atoms with Crippen LogP contribution in [0.5, 0.6) is 5.75 Å². The van der Waals surface area contributed by atoms with Gasteiger partial charge in [-0.25, -0.2) is 4.98 Å². The standard InChI is InChI=1S/C19H17F3N2O3S/c1-12-15(24-18(27-12)16-6-3-9-28-16)11-17(25)23-7-8-26-14-5-2-4-13(10-14)19(20,21)22/h2-6,9-10H,7-8,11H2,1H3,(H,23,25). The normalized spacial score (nSPS) is 11.4. The van der Waals surface area contributed by atoms with E-state index in [0.717, 1.165) is 17.0 Å². The van der Waals surface area contributed by atoms with Crippen molar-refractivity contribution in [2.45, 2.75) is 19.5 Å². The number of hydrogen-bond acceptors (Lipinski definition) is 5. The summed E-state index contributed by atoms with van der Waals surface area (Å²) in [5.74, 6) is 0.862. The van der Waals surface area contributed by atoms with E-state index in [0.29, 0.717) is 17.3 Å². The van der Waals surface area contributed by atoms with Gasteiger partial charge < -0.3 is 14.5 Å². The number of benzene rings is 1. The average Bonchev–Trinajstić information content (AvgIpc) is 3.29. The molecule has 28 heavy (non-hydrogen) atoms. The van der Waals surface area contributed by atoms with Gasteiger partial charge in [0.15, 0.2) is 0 Å². The monoisotopic (exact) mass is 410 g/mol. The summed E-state index contributed by atoms with van der Waals surface area (Å²) < 4.78 is 48.9. The van der Waals surface area contributed by atoms with Crippen molar-refractivity contribution in [2.24, 2.45) is 0 Å². The second-order valence-electron chi connectivity index (χ2n) is 5.90. The highest BCUT2D eigenvalue weighted by atomic mass is 32.1. The Morgan fingerprint density at radius 2 is 2.11 bits per heavy atom. The van der Waals surface area contributed by atoms with E-state index in [-0.39, 0.29) is 31.2 Å². The molecule has 0 fully saturated rings. The molecule has 0 aliphatic carbocycles. The highest BCUT2D eigenvalue weighted by molar-refractivity contribution is 7.13. The minimum absolute atomic E-state index is 0.0459. The summed E-state index contributed by atoms with van der Waals surface area (Å²) in [6, 6.07) is 8.37. The minimum Gasteiger partial charge on any atom is -0.492 e. The SMILES string of the molecule is Cc1oc(-c2cccs2)nc1CC(=O)NCCOc1cccc(C(F)(F)F)c1. The van der Waals surface area contributed by atoms with Crippen LogP contribution in [0.3, 0.4) is 0 Å². The number of thiophene rings is 1. The molecule has 0 aliphatic heterocycles. The Kier molecular flexibility index (Phi) is 6.03. The summed E-state index contributed by atoms with van der Waals surface area (Å²) in [6.45, 7) is 1.94. The van der Waals surface area contributed by atoms with Gasteiger partial charge in [-0.15, -0.1) is 11.3 Å². The second kappa shape index (κ2) is 8.47. The third kappa shape index (κ3) is 5.13. The average molecular weight is 410 g/mol. The van der Waals surface area contributed by atoms with Crippen molar-refractivity contribution >= 4 is 17.2 Å². The van der Waals surface area contributed by atoms with Crippen molar-refractivity contribution in [2.75, 3.05) is 13.2 Å². The molecule has 1 amide bonds. The molecule has 0 spiro atoms. The van der Waals surface area contributed by atoms with Gasteiger partial charge in [-0.05, 0) is 36.6 Å². The van der Waals surface area contributed by atoms with E-state index in [1.54, 1.807) is 6.92 Å². The second-order valence-corrected chi connectivity index (χ2v) is 6.85. The maximum absolute atomic E-state index is 12.7. The Labute approximate surface area is 163 Å². The molecule has 2 aromatic heterocycles. The van der Waals surface area contributed by atoms with Gasteiger partial charge in [-0.1, -0.05) is 12.1 Å². The number of ether oxygens (including phenoxy) is 1. The Balaban J connectivity index is 1.47. The molecule has 1 N–H and O–H groups in total. The first-order chi connectivity index (χ1) is 13.3. The molecule has 0 saturated heterocycles. The van der Waals surface area contributed by atoms with Crippen molar-refractivity contribution in [1.29, 1.82) is 0 Å². The van der Waals surface area contributed by atoms with Crippen LogP contribution in [0.2, 0.25) is 0 Å². The third-order valence-corrected chi connectivity index (χ3v) is 4.66. The zero-order valence-corrected chi connectivity index (χ0v) is 15.7. The van der Waals surface area contributed by atoms with Crippen molar-refractivity contribution < 1.29 is 27.1 Å². The van der Waals surface area contributed by atoms with E-state index < -0.39 is 11.7 Å². The van der Waals surface area contributed by atoms with Crippen LogP contribution in [0.15, 0.2) is 46.2 Å². The van der Waals surface area contributed by atoms with E-state index in [9.17, 15) is 18.0 Å². The Morgan fingerprint density at radius 1 is 1.29 bits per heavy atom. The van der Waals surface area contributed by atoms with Crippen LogP contribution in [0.1, 0.15) is 17.0 Å². The Morgan fingerprint density at radius 3 is 2.82 bits per heavy atom. The zero-order valence-electron chi connectivity index (χ0n) is 14.9. The molecule has 0 aliphatic rings. The maximum Gasteiger partial charge on any atom is 0.416 e. The number of oxazole rings is 1. The number of aryl methyl sites for hydroxylation is 1. The molecule has 0 atom stereocenters. The van der Waals surface area contributed by atoms with E-state index in [2.05, 4.69) is 10.3 Å². The number of nitrogens with one attached hydrogen (secondary N) is 1. The molecule has 1 aromatic carbocycles. The smallest absolute Gasteiger partial charge is 0.416 e. The lowest BCUT2D eigenvalue weighted by molar-refractivity contribution is -0.137. The summed E-state index contributed by atoms with van der Waals surface area (Å²) in [6.07, 6.45) is -4.38. The fraction of sp³-hybridized carbons (Fsp3) is 0.263. The number of aromatic nitrogens is 1. The predicted molar refractivity (Wildman–Crippen MR) is 98.2 cm³/mol. The van der Waals surface area contributed by atoms with Crippen LogP contribution in [0.4, 0.5) is 13.2 Å². The Bertz CT molecular complexity index is 936. The van der Waals surface area contributed by atoms with Gasteiger partial charge in [0.1, 0.15) is 18.1 Å². The topological polar surface area (TPSA) is 64.4 Å². The fourth-order valence-electron chi connectivity index (χ4n) is 2.43. The van der Waals surface area contributed by atoms with Gasteiger partial charge in [0.05, 0.1) is 29.1 Å². The number of nitrogens with zero attached hydrogens (tertiary/aromatic N) is 1. The van der Waals surface area contributed by atoms with E-state index in [4.69, 9.17) is 9.15 Å². The first-order valence-electron chi connectivity index (χ1n) is 8.40. The lowest BCUT2D eigenvalue weighted by atomic mass is 10.2. The molecule has 0 saturated carbocycles. The zero-order chi connectivity index (χ0) is 20.1. The minimum atomic E-state index is -4.43. The Hall–Kier alpha value is -2.81. The van der Waals surface area contributed by atoms with Crippen LogP contribution in [0.25, 0.3) is 10.8 Å². The van der Waals surface area contributed by atoms with Crippen LogP contribution in [0, 0.1) is 6.92 Å². The van der Waals surface area contributed by atoms with Crippen molar-refractivity contribution in [1.82, 2.24) is 10.3 Å². The molecule has 2 heterocycles. The van der Waals surface area contributed by atoms with E-state index in [1.165, 1.54) is 23.5 Å². The highest BCUT2D eigenvalue weighted by Gasteiger charge is 2.30.